The molecule has 4 nitrogen and oxygen atoms in total. The van der Waals surface area contributed by atoms with Gasteiger partial charge in [-0.1, -0.05) is 0 Å². The topological polar surface area (TPSA) is 19.0 Å². The van der Waals surface area contributed by atoms with Gasteiger partial charge in [-0.25, -0.2) is 0 Å². The normalized spacial score (nSPS) is 25.0. The highest BCUT2D eigenvalue weighted by atomic mass is 16.5. The van der Waals surface area contributed by atoms with Crippen LogP contribution in [0.2, 0.25) is 0 Å². The highest BCUT2D eigenvalue weighted by molar-refractivity contribution is 5.49. The van der Waals surface area contributed by atoms with E-state index in [0.717, 1.165) is 24.9 Å². The molecule has 0 saturated carbocycles. The van der Waals surface area contributed by atoms with E-state index < -0.39 is 0 Å². The molecular formula is C17H27N3O. The highest BCUT2D eigenvalue weighted by Gasteiger charge is 2.26. The quantitative estimate of drug-likeness (QED) is 0.846. The predicted molar refractivity (Wildman–Crippen MR) is 87.3 cm³/mol. The lowest BCUT2D eigenvalue weighted by atomic mass is 10.0. The Kier molecular flexibility index (Phi) is 4.66. The van der Waals surface area contributed by atoms with Crippen LogP contribution in [-0.2, 0) is 0 Å². The number of nitrogens with zero attached hydrogens (tertiary/aromatic N) is 3. The third-order valence-corrected chi connectivity index (χ3v) is 4.87. The molecule has 3 rings (SSSR count). The number of hydrogen-bond donors (Lipinski definition) is 0. The fourth-order valence-electron chi connectivity index (χ4n) is 3.58. The number of rotatable bonds is 3. The van der Waals surface area contributed by atoms with Crippen molar-refractivity contribution in [2.45, 2.75) is 18.9 Å². The summed E-state index contributed by atoms with van der Waals surface area (Å²) in [7, 11) is 3.97. The fraction of sp³-hybridized carbons (Fsp3) is 0.647. The third kappa shape index (κ3) is 3.50. The van der Waals surface area contributed by atoms with Crippen LogP contribution in [0.4, 0.5) is 5.69 Å². The number of likely N-dealkylation sites (tertiary alicyclic amines) is 1. The summed E-state index contributed by atoms with van der Waals surface area (Å²) in [5, 5.41) is 0. The molecule has 21 heavy (non-hydrogen) atoms. The molecule has 0 bridgehead atoms. The summed E-state index contributed by atoms with van der Waals surface area (Å²) in [6.07, 6.45) is 2.72. The summed E-state index contributed by atoms with van der Waals surface area (Å²) < 4.78 is 5.23. The van der Waals surface area contributed by atoms with Crippen LogP contribution < -0.4 is 9.64 Å². The number of anilines is 1. The van der Waals surface area contributed by atoms with Gasteiger partial charge in [0.25, 0.3) is 0 Å². The number of hydrogen-bond acceptors (Lipinski definition) is 4. The molecule has 0 radical (unpaired) electrons. The standard InChI is InChI=1S/C17H27N3O/c1-18-9-3-4-16(14-18)20-12-10-19(11-13-20)15-5-7-17(21-2)8-6-15/h5-8,16H,3-4,9-14H2,1-2H3. The van der Waals surface area contributed by atoms with Gasteiger partial charge >= 0.3 is 0 Å². The van der Waals surface area contributed by atoms with Gasteiger partial charge in [-0.3, -0.25) is 4.90 Å². The van der Waals surface area contributed by atoms with Gasteiger partial charge in [-0.05, 0) is 50.7 Å². The van der Waals surface area contributed by atoms with Crippen molar-refractivity contribution in [2.24, 2.45) is 0 Å². The Morgan fingerprint density at radius 1 is 1.00 bits per heavy atom. The molecule has 116 valence electrons. The molecule has 0 spiro atoms. The second-order valence-electron chi connectivity index (χ2n) is 6.28. The fourth-order valence-corrected chi connectivity index (χ4v) is 3.58. The van der Waals surface area contributed by atoms with Crippen molar-refractivity contribution >= 4 is 5.69 Å². The number of piperidine rings is 1. The zero-order valence-electron chi connectivity index (χ0n) is 13.3. The molecule has 1 unspecified atom stereocenters. The number of piperazine rings is 1. The number of likely N-dealkylation sites (N-methyl/N-ethyl adjacent to an activating group) is 1. The minimum absolute atomic E-state index is 0.766. The van der Waals surface area contributed by atoms with Gasteiger partial charge in [-0.15, -0.1) is 0 Å². The molecule has 2 aliphatic heterocycles. The van der Waals surface area contributed by atoms with Crippen molar-refractivity contribution in [1.29, 1.82) is 0 Å². The van der Waals surface area contributed by atoms with Crippen LogP contribution >= 0.6 is 0 Å². The molecule has 2 saturated heterocycles. The number of methoxy groups -OCH3 is 1. The van der Waals surface area contributed by atoms with Crippen molar-refractivity contribution < 1.29 is 4.74 Å². The zero-order chi connectivity index (χ0) is 14.7. The lowest BCUT2D eigenvalue weighted by Crippen LogP contribution is -2.54. The lowest BCUT2D eigenvalue weighted by Gasteiger charge is -2.43. The first kappa shape index (κ1) is 14.7. The van der Waals surface area contributed by atoms with Crippen LogP contribution in [0.1, 0.15) is 12.8 Å². The molecule has 0 aliphatic carbocycles. The van der Waals surface area contributed by atoms with E-state index in [1.54, 1.807) is 7.11 Å². The van der Waals surface area contributed by atoms with Gasteiger partial charge in [0.05, 0.1) is 7.11 Å². The number of benzene rings is 1. The maximum absolute atomic E-state index is 5.23. The van der Waals surface area contributed by atoms with E-state index >= 15 is 0 Å². The molecule has 2 fully saturated rings. The first-order valence-electron chi connectivity index (χ1n) is 8.08. The van der Waals surface area contributed by atoms with Crippen molar-refractivity contribution in [3.05, 3.63) is 24.3 Å². The van der Waals surface area contributed by atoms with Gasteiger partial charge in [0.15, 0.2) is 0 Å². The zero-order valence-corrected chi connectivity index (χ0v) is 13.3. The van der Waals surface area contributed by atoms with Gasteiger partial charge in [0, 0.05) is 44.5 Å². The Balaban J connectivity index is 1.54. The van der Waals surface area contributed by atoms with Crippen molar-refractivity contribution in [1.82, 2.24) is 9.80 Å². The second kappa shape index (κ2) is 6.67. The van der Waals surface area contributed by atoms with Crippen LogP contribution in [-0.4, -0.2) is 69.3 Å². The van der Waals surface area contributed by atoms with E-state index in [4.69, 9.17) is 4.74 Å². The maximum Gasteiger partial charge on any atom is 0.119 e. The van der Waals surface area contributed by atoms with Gasteiger partial charge in [0.2, 0.25) is 0 Å². The second-order valence-corrected chi connectivity index (χ2v) is 6.28. The maximum atomic E-state index is 5.23. The Hall–Kier alpha value is -1.26. The van der Waals surface area contributed by atoms with Crippen LogP contribution in [0.3, 0.4) is 0 Å². The molecule has 0 amide bonds. The van der Waals surface area contributed by atoms with Gasteiger partial charge < -0.3 is 14.5 Å². The van der Waals surface area contributed by atoms with Crippen LogP contribution in [0.5, 0.6) is 5.75 Å². The Bertz CT molecular complexity index is 440. The van der Waals surface area contributed by atoms with Crippen LogP contribution in [0.25, 0.3) is 0 Å². The smallest absolute Gasteiger partial charge is 0.119 e. The van der Waals surface area contributed by atoms with Crippen LogP contribution in [0, 0.1) is 0 Å². The predicted octanol–water partition coefficient (Wildman–Crippen LogP) is 1.91. The summed E-state index contributed by atoms with van der Waals surface area (Å²) in [4.78, 5) is 7.65. The molecule has 1 atom stereocenters. The lowest BCUT2D eigenvalue weighted by molar-refractivity contribution is 0.106. The third-order valence-electron chi connectivity index (χ3n) is 4.87. The summed E-state index contributed by atoms with van der Waals surface area (Å²) in [6, 6.07) is 9.21. The summed E-state index contributed by atoms with van der Waals surface area (Å²) in [5.41, 5.74) is 1.32. The van der Waals surface area contributed by atoms with E-state index in [2.05, 4.69) is 46.0 Å². The van der Waals surface area contributed by atoms with Gasteiger partial charge in [-0.2, -0.15) is 0 Å². The number of ether oxygens (including phenoxy) is 1. The molecule has 1 aromatic rings. The van der Waals surface area contributed by atoms with Gasteiger partial charge in [0.1, 0.15) is 5.75 Å². The molecule has 1 aromatic carbocycles. The highest BCUT2D eigenvalue weighted by Crippen LogP contribution is 2.22. The average Bonchev–Trinajstić information content (AvgIpc) is 2.55. The van der Waals surface area contributed by atoms with Crippen LogP contribution in [0.15, 0.2) is 24.3 Å². The molecule has 2 heterocycles. The molecule has 2 aliphatic rings. The summed E-state index contributed by atoms with van der Waals surface area (Å²) in [6.45, 7) is 7.14. The minimum Gasteiger partial charge on any atom is -0.497 e. The minimum atomic E-state index is 0.766. The van der Waals surface area contributed by atoms with Crippen molar-refractivity contribution in [3.63, 3.8) is 0 Å². The van der Waals surface area contributed by atoms with E-state index in [9.17, 15) is 0 Å². The Labute approximate surface area is 128 Å². The summed E-state index contributed by atoms with van der Waals surface area (Å²) in [5.74, 6) is 0.933. The van der Waals surface area contributed by atoms with E-state index in [1.807, 2.05) is 0 Å². The molecule has 0 N–H and O–H groups in total. The monoisotopic (exact) mass is 289 g/mol. The first-order valence-corrected chi connectivity index (χ1v) is 8.08. The first-order chi connectivity index (χ1) is 10.3. The van der Waals surface area contributed by atoms with E-state index in [0.29, 0.717) is 0 Å². The Morgan fingerprint density at radius 3 is 2.33 bits per heavy atom. The summed E-state index contributed by atoms with van der Waals surface area (Å²) >= 11 is 0. The largest absolute Gasteiger partial charge is 0.497 e. The molecule has 4 heteroatoms. The van der Waals surface area contributed by atoms with Crippen molar-refractivity contribution in [3.8, 4) is 5.75 Å². The molecule has 0 aromatic heterocycles. The average molecular weight is 289 g/mol. The molecular weight excluding hydrogens is 262 g/mol. The SMILES string of the molecule is COc1ccc(N2CCN(C3CCCN(C)C3)CC2)cc1. The van der Waals surface area contributed by atoms with Crippen molar-refractivity contribution in [2.75, 3.05) is 58.3 Å². The van der Waals surface area contributed by atoms with E-state index in [1.165, 1.54) is 44.7 Å². The van der Waals surface area contributed by atoms with E-state index in [-0.39, 0.29) is 0 Å². The Morgan fingerprint density at radius 2 is 1.71 bits per heavy atom.